The predicted molar refractivity (Wildman–Crippen MR) is 324 cm³/mol. The first-order valence-electron chi connectivity index (χ1n) is 33.9. The van der Waals surface area contributed by atoms with Crippen LogP contribution in [0, 0.1) is 0 Å². The summed E-state index contributed by atoms with van der Waals surface area (Å²) >= 11 is 0. The van der Waals surface area contributed by atoms with Gasteiger partial charge in [0, 0.05) is 12.8 Å². The fraction of sp³-hybridized carbons (Fsp3) is 0.941. The van der Waals surface area contributed by atoms with Crippen LogP contribution in [-0.4, -0.2) is 47.4 Å². The average molecular weight is 1040 g/mol. The summed E-state index contributed by atoms with van der Waals surface area (Å²) in [6, 6.07) is -0.540. The summed E-state index contributed by atoms with van der Waals surface area (Å²) in [5, 5.41) is 23.4. The van der Waals surface area contributed by atoms with Gasteiger partial charge in [-0.25, -0.2) is 0 Å². The first-order chi connectivity index (χ1) is 36.5. The van der Waals surface area contributed by atoms with E-state index in [-0.39, 0.29) is 18.5 Å². The van der Waals surface area contributed by atoms with Gasteiger partial charge in [0.25, 0.3) is 0 Å². The first kappa shape index (κ1) is 72.6. The Labute approximate surface area is 463 Å². The highest BCUT2D eigenvalue weighted by Gasteiger charge is 2.20. The van der Waals surface area contributed by atoms with Crippen molar-refractivity contribution in [3.63, 3.8) is 0 Å². The number of esters is 1. The van der Waals surface area contributed by atoms with Crippen molar-refractivity contribution in [3.05, 3.63) is 12.2 Å². The molecule has 0 spiro atoms. The molecule has 0 aliphatic heterocycles. The van der Waals surface area contributed by atoms with Crippen LogP contribution in [0.5, 0.6) is 0 Å². The van der Waals surface area contributed by atoms with Gasteiger partial charge in [0.05, 0.1) is 25.4 Å². The van der Waals surface area contributed by atoms with Crippen LogP contribution in [0.25, 0.3) is 0 Å². The van der Waals surface area contributed by atoms with Crippen LogP contribution in [0.2, 0.25) is 0 Å². The molecule has 0 aromatic carbocycles. The van der Waals surface area contributed by atoms with Gasteiger partial charge in [0.1, 0.15) is 0 Å². The third-order valence-electron chi connectivity index (χ3n) is 16.1. The molecule has 0 rings (SSSR count). The van der Waals surface area contributed by atoms with Gasteiger partial charge in [-0.2, -0.15) is 0 Å². The van der Waals surface area contributed by atoms with E-state index in [1.165, 1.54) is 308 Å². The SMILES string of the molecule is CCCCCCCCC/C=C\CCCCCCCC(=O)OCCCCCCCCCCCCCCCCCCCCCCCCCCC(=O)NC(CO)C(O)CCCCCCCCCCCCCCCCCCC. The zero-order valence-corrected chi connectivity index (χ0v) is 50.4. The van der Waals surface area contributed by atoms with Crippen molar-refractivity contribution in [1.82, 2.24) is 5.32 Å². The lowest BCUT2D eigenvalue weighted by Gasteiger charge is -2.22. The van der Waals surface area contributed by atoms with Crippen molar-refractivity contribution < 1.29 is 24.5 Å². The van der Waals surface area contributed by atoms with Gasteiger partial charge in [-0.1, -0.05) is 334 Å². The Kier molecular flexibility index (Phi) is 62.9. The van der Waals surface area contributed by atoms with Crippen LogP contribution in [0.4, 0.5) is 0 Å². The molecule has 6 heteroatoms. The van der Waals surface area contributed by atoms with Crippen molar-refractivity contribution in [1.29, 1.82) is 0 Å². The summed E-state index contributed by atoms with van der Waals surface area (Å²) in [7, 11) is 0. The lowest BCUT2D eigenvalue weighted by Crippen LogP contribution is -2.45. The second-order valence-electron chi connectivity index (χ2n) is 23.5. The smallest absolute Gasteiger partial charge is 0.305 e. The fourth-order valence-corrected chi connectivity index (χ4v) is 10.9. The summed E-state index contributed by atoms with van der Waals surface area (Å²) < 4.78 is 5.49. The highest BCUT2D eigenvalue weighted by atomic mass is 16.5. The number of ether oxygens (including phenoxy) is 1. The number of allylic oxidation sites excluding steroid dienone is 2. The summed E-state index contributed by atoms with van der Waals surface area (Å²) in [5.74, 6) is -0.0211. The van der Waals surface area contributed by atoms with Crippen LogP contribution in [-0.2, 0) is 14.3 Å². The molecule has 0 heterocycles. The van der Waals surface area contributed by atoms with Crippen LogP contribution in [0.1, 0.15) is 386 Å². The number of unbranched alkanes of at least 4 members (excludes halogenated alkanes) is 51. The van der Waals surface area contributed by atoms with Crippen LogP contribution < -0.4 is 5.32 Å². The number of rotatable bonds is 64. The lowest BCUT2D eigenvalue weighted by atomic mass is 10.0. The highest BCUT2D eigenvalue weighted by molar-refractivity contribution is 5.76. The topological polar surface area (TPSA) is 95.9 Å². The second kappa shape index (κ2) is 64.1. The first-order valence-corrected chi connectivity index (χ1v) is 33.9. The molecule has 0 aromatic rings. The summed E-state index contributed by atoms with van der Waals surface area (Å²) in [6.45, 7) is 4.98. The Hall–Kier alpha value is -1.40. The Morgan fingerprint density at radius 3 is 0.959 bits per heavy atom. The summed E-state index contributed by atoms with van der Waals surface area (Å²) in [6.07, 6.45) is 78.1. The second-order valence-corrected chi connectivity index (χ2v) is 23.5. The minimum atomic E-state index is -0.663. The van der Waals surface area contributed by atoms with E-state index in [9.17, 15) is 19.8 Å². The normalized spacial score (nSPS) is 12.5. The summed E-state index contributed by atoms with van der Waals surface area (Å²) in [5.41, 5.74) is 0. The van der Waals surface area contributed by atoms with Crippen molar-refractivity contribution in [2.75, 3.05) is 13.2 Å². The Balaban J connectivity index is 3.35. The van der Waals surface area contributed by atoms with Gasteiger partial charge in [0.15, 0.2) is 0 Å². The molecular weight excluding hydrogens is 911 g/mol. The maximum Gasteiger partial charge on any atom is 0.305 e. The Bertz CT molecular complexity index is 1110. The van der Waals surface area contributed by atoms with E-state index >= 15 is 0 Å². The molecule has 2 atom stereocenters. The van der Waals surface area contributed by atoms with Crippen LogP contribution >= 0.6 is 0 Å². The van der Waals surface area contributed by atoms with E-state index < -0.39 is 12.1 Å². The molecule has 0 saturated heterocycles. The molecule has 0 aliphatic rings. The van der Waals surface area contributed by atoms with Gasteiger partial charge in [0.2, 0.25) is 5.91 Å². The van der Waals surface area contributed by atoms with Crippen molar-refractivity contribution in [2.45, 2.75) is 398 Å². The molecule has 1 amide bonds. The molecule has 0 aromatic heterocycles. The van der Waals surface area contributed by atoms with Gasteiger partial charge >= 0.3 is 5.97 Å². The third-order valence-corrected chi connectivity index (χ3v) is 16.1. The zero-order chi connectivity index (χ0) is 53.6. The number of hydrogen-bond acceptors (Lipinski definition) is 5. The van der Waals surface area contributed by atoms with Gasteiger partial charge in [-0.3, -0.25) is 9.59 Å². The molecule has 0 fully saturated rings. The van der Waals surface area contributed by atoms with Gasteiger partial charge in [-0.05, 0) is 51.4 Å². The Morgan fingerprint density at radius 1 is 0.365 bits per heavy atom. The maximum absolute atomic E-state index is 12.5. The highest BCUT2D eigenvalue weighted by Crippen LogP contribution is 2.19. The number of nitrogens with one attached hydrogen (secondary N) is 1. The summed E-state index contributed by atoms with van der Waals surface area (Å²) in [4.78, 5) is 24.6. The minimum absolute atomic E-state index is 0.00909. The molecule has 440 valence electrons. The quantitative estimate of drug-likeness (QED) is 0.0320. The van der Waals surface area contributed by atoms with Crippen LogP contribution in [0.15, 0.2) is 12.2 Å². The van der Waals surface area contributed by atoms with Crippen LogP contribution in [0.3, 0.4) is 0 Å². The number of amides is 1. The zero-order valence-electron chi connectivity index (χ0n) is 50.4. The predicted octanol–water partition coefficient (Wildman–Crippen LogP) is 21.6. The Morgan fingerprint density at radius 2 is 0.635 bits per heavy atom. The van der Waals surface area contributed by atoms with Crippen molar-refractivity contribution in [3.8, 4) is 0 Å². The standard InChI is InChI=1S/C68H133NO5/c1-3-5-7-9-11-13-15-17-19-29-32-36-40-44-48-52-56-60-66(71)65(64-70)69-67(72)61-57-53-49-45-41-37-33-30-27-25-23-21-22-24-26-28-31-35-39-43-47-51-55-59-63-74-68(73)62-58-54-50-46-42-38-34-20-18-16-14-12-10-8-6-4-2/h20,34,65-66,70-71H,3-19,21-33,35-64H2,1-2H3,(H,69,72)/b34-20-. The molecule has 3 N–H and O–H groups in total. The lowest BCUT2D eigenvalue weighted by molar-refractivity contribution is -0.143. The molecule has 2 unspecified atom stereocenters. The average Bonchev–Trinajstić information content (AvgIpc) is 3.40. The molecule has 6 nitrogen and oxygen atoms in total. The van der Waals surface area contributed by atoms with Crippen molar-refractivity contribution >= 4 is 11.9 Å². The third kappa shape index (κ3) is 59.8. The maximum atomic E-state index is 12.5. The molecule has 0 radical (unpaired) electrons. The molecule has 0 bridgehead atoms. The van der Waals surface area contributed by atoms with E-state index in [4.69, 9.17) is 4.74 Å². The van der Waals surface area contributed by atoms with Gasteiger partial charge in [-0.15, -0.1) is 0 Å². The molecular formula is C68H133NO5. The monoisotopic (exact) mass is 1040 g/mol. The van der Waals surface area contributed by atoms with Crippen molar-refractivity contribution in [2.24, 2.45) is 0 Å². The number of hydrogen-bond donors (Lipinski definition) is 3. The number of carbonyl (C=O) groups excluding carboxylic acids is 2. The number of aliphatic hydroxyl groups is 2. The molecule has 0 saturated carbocycles. The van der Waals surface area contributed by atoms with E-state index in [2.05, 4.69) is 31.3 Å². The largest absolute Gasteiger partial charge is 0.466 e. The number of carbonyl (C=O) groups is 2. The van der Waals surface area contributed by atoms with E-state index in [0.717, 1.165) is 44.9 Å². The number of aliphatic hydroxyl groups excluding tert-OH is 2. The van der Waals surface area contributed by atoms with E-state index in [1.54, 1.807) is 0 Å². The van der Waals surface area contributed by atoms with Gasteiger partial charge < -0.3 is 20.3 Å². The molecule has 74 heavy (non-hydrogen) atoms. The van der Waals surface area contributed by atoms with E-state index in [0.29, 0.717) is 25.9 Å². The molecule has 0 aliphatic carbocycles. The minimum Gasteiger partial charge on any atom is -0.466 e. The van der Waals surface area contributed by atoms with E-state index in [1.807, 2.05) is 0 Å². The fourth-order valence-electron chi connectivity index (χ4n) is 10.9.